The number of hydrogen-bond acceptors (Lipinski definition) is 4. The highest BCUT2D eigenvalue weighted by Crippen LogP contribution is 2.34. The molecule has 2 aromatic carbocycles. The van der Waals surface area contributed by atoms with Gasteiger partial charge in [-0.15, -0.1) is 0 Å². The van der Waals surface area contributed by atoms with Crippen LogP contribution in [-0.2, 0) is 4.79 Å². The number of amides is 1. The molecule has 0 unspecified atom stereocenters. The van der Waals surface area contributed by atoms with Crippen molar-refractivity contribution in [3.8, 4) is 11.3 Å². The lowest BCUT2D eigenvalue weighted by atomic mass is 10.1. The number of nitrogens with one attached hydrogen (secondary N) is 2. The fourth-order valence-electron chi connectivity index (χ4n) is 3.74. The predicted octanol–water partition coefficient (Wildman–Crippen LogP) is 6.77. The highest BCUT2D eigenvalue weighted by Gasteiger charge is 2.15. The fourth-order valence-corrected chi connectivity index (χ4v) is 4.34. The normalized spacial score (nSPS) is 13.8. The van der Waals surface area contributed by atoms with Crippen molar-refractivity contribution >= 4 is 63.9 Å². The molecule has 5 nitrogen and oxygen atoms in total. The van der Waals surface area contributed by atoms with E-state index >= 15 is 0 Å². The Kier molecular flexibility index (Phi) is 7.70. The van der Waals surface area contributed by atoms with Crippen LogP contribution in [0.1, 0.15) is 25.0 Å². The third kappa shape index (κ3) is 5.96. The van der Waals surface area contributed by atoms with Crippen LogP contribution in [-0.4, -0.2) is 24.1 Å². The Hall–Kier alpha value is -2.80. The van der Waals surface area contributed by atoms with Gasteiger partial charge in [0.05, 0.1) is 21.4 Å². The van der Waals surface area contributed by atoms with Gasteiger partial charge in [0.15, 0.2) is 5.11 Å². The predicted molar refractivity (Wildman–Crippen MR) is 140 cm³/mol. The average molecular weight is 500 g/mol. The Morgan fingerprint density at radius 2 is 1.79 bits per heavy atom. The second-order valence-electron chi connectivity index (χ2n) is 7.64. The summed E-state index contributed by atoms with van der Waals surface area (Å²) in [4.78, 5) is 14.7. The summed E-state index contributed by atoms with van der Waals surface area (Å²) in [6.45, 7) is 2.04. The van der Waals surface area contributed by atoms with E-state index in [2.05, 4.69) is 21.6 Å². The quantitative estimate of drug-likeness (QED) is 0.299. The van der Waals surface area contributed by atoms with Gasteiger partial charge < -0.3 is 14.6 Å². The number of carbonyl (C=O) groups is 1. The van der Waals surface area contributed by atoms with E-state index in [1.165, 1.54) is 25.3 Å². The van der Waals surface area contributed by atoms with Crippen molar-refractivity contribution in [2.24, 2.45) is 0 Å². The zero-order valence-electron chi connectivity index (χ0n) is 17.8. The minimum absolute atomic E-state index is 0.236. The molecule has 170 valence electrons. The zero-order valence-corrected chi connectivity index (χ0v) is 20.1. The molecule has 1 fully saturated rings. The van der Waals surface area contributed by atoms with Crippen molar-refractivity contribution in [1.29, 1.82) is 0 Å². The topological polar surface area (TPSA) is 57.5 Å². The van der Waals surface area contributed by atoms with Crippen LogP contribution in [0.4, 0.5) is 11.4 Å². The molecule has 1 aliphatic rings. The zero-order chi connectivity index (χ0) is 23.2. The van der Waals surface area contributed by atoms with Crippen molar-refractivity contribution in [2.75, 3.05) is 23.3 Å². The second kappa shape index (κ2) is 10.9. The molecule has 1 aromatic heterocycles. The van der Waals surface area contributed by atoms with Crippen LogP contribution in [0.15, 0.2) is 65.1 Å². The first-order chi connectivity index (χ1) is 16.0. The molecule has 0 aliphatic carbocycles. The SMILES string of the molecule is O=C(C=Cc1ccc(-c2cccc(Cl)c2Cl)o1)NC(=S)Nc1ccccc1N1CCCCC1. The van der Waals surface area contributed by atoms with Crippen LogP contribution in [0.2, 0.25) is 10.0 Å². The Bertz CT molecular complexity index is 1190. The van der Waals surface area contributed by atoms with Crippen LogP contribution >= 0.6 is 35.4 Å². The first kappa shape index (κ1) is 23.4. The molecule has 33 heavy (non-hydrogen) atoms. The van der Waals surface area contributed by atoms with Crippen LogP contribution in [0.25, 0.3) is 17.4 Å². The van der Waals surface area contributed by atoms with Gasteiger partial charge in [-0.2, -0.15) is 0 Å². The molecule has 0 spiro atoms. The van der Waals surface area contributed by atoms with Crippen LogP contribution in [0.5, 0.6) is 0 Å². The Balaban J connectivity index is 1.36. The van der Waals surface area contributed by atoms with Gasteiger partial charge in [-0.05, 0) is 74.0 Å². The smallest absolute Gasteiger partial charge is 0.250 e. The Morgan fingerprint density at radius 1 is 1.00 bits per heavy atom. The molecule has 0 saturated carbocycles. The molecular formula is C25H23Cl2N3O2S. The summed E-state index contributed by atoms with van der Waals surface area (Å²) in [6, 6.07) is 16.8. The molecule has 2 N–H and O–H groups in total. The van der Waals surface area contributed by atoms with Gasteiger partial charge in [-0.3, -0.25) is 10.1 Å². The monoisotopic (exact) mass is 499 g/mol. The summed E-state index contributed by atoms with van der Waals surface area (Å²) in [5.41, 5.74) is 2.65. The van der Waals surface area contributed by atoms with E-state index < -0.39 is 0 Å². The highest BCUT2D eigenvalue weighted by molar-refractivity contribution is 7.80. The molecule has 0 bridgehead atoms. The summed E-state index contributed by atoms with van der Waals surface area (Å²) in [5.74, 6) is 0.710. The van der Waals surface area contributed by atoms with Crippen molar-refractivity contribution < 1.29 is 9.21 Å². The van der Waals surface area contributed by atoms with E-state index in [9.17, 15) is 4.79 Å². The van der Waals surface area contributed by atoms with Gasteiger partial charge in [0.25, 0.3) is 0 Å². The first-order valence-electron chi connectivity index (χ1n) is 10.7. The average Bonchev–Trinajstić information content (AvgIpc) is 3.29. The van der Waals surface area contributed by atoms with Gasteiger partial charge in [0.1, 0.15) is 11.5 Å². The maximum atomic E-state index is 12.4. The summed E-state index contributed by atoms with van der Waals surface area (Å²) < 4.78 is 5.78. The number of hydrogen-bond donors (Lipinski definition) is 2. The lowest BCUT2D eigenvalue weighted by Crippen LogP contribution is -2.34. The Morgan fingerprint density at radius 3 is 2.61 bits per heavy atom. The fraction of sp³-hybridized carbons (Fsp3) is 0.200. The lowest BCUT2D eigenvalue weighted by molar-refractivity contribution is -0.115. The van der Waals surface area contributed by atoms with Gasteiger partial charge in [0, 0.05) is 24.7 Å². The standard InChI is InChI=1S/C25H23Cl2N3O2S/c26-19-8-6-7-18(24(19)27)22-13-11-17(32-22)12-14-23(31)29-25(33)28-20-9-2-3-10-21(20)30-15-4-1-5-16-30/h2-3,6-14H,1,4-5,15-16H2,(H2,28,29,31,33). The largest absolute Gasteiger partial charge is 0.457 e. The molecule has 2 heterocycles. The minimum atomic E-state index is -0.360. The third-order valence-electron chi connectivity index (χ3n) is 5.33. The van der Waals surface area contributed by atoms with Crippen LogP contribution < -0.4 is 15.5 Å². The van der Waals surface area contributed by atoms with Crippen molar-refractivity contribution in [1.82, 2.24) is 5.32 Å². The van der Waals surface area contributed by atoms with Crippen LogP contribution in [0, 0.1) is 0 Å². The molecule has 1 saturated heterocycles. The van der Waals surface area contributed by atoms with Crippen molar-refractivity contribution in [2.45, 2.75) is 19.3 Å². The number of anilines is 2. The van der Waals surface area contributed by atoms with Gasteiger partial charge >= 0.3 is 0 Å². The number of furan rings is 1. The summed E-state index contributed by atoms with van der Waals surface area (Å²) in [6.07, 6.45) is 6.56. The van der Waals surface area contributed by atoms with Gasteiger partial charge in [-0.1, -0.05) is 41.4 Å². The number of thiocarbonyl (C=S) groups is 1. The maximum Gasteiger partial charge on any atom is 0.250 e. The van der Waals surface area contributed by atoms with E-state index in [1.807, 2.05) is 24.3 Å². The van der Waals surface area contributed by atoms with Crippen molar-refractivity contribution in [3.63, 3.8) is 0 Å². The number of carbonyl (C=O) groups excluding carboxylic acids is 1. The van der Waals surface area contributed by atoms with E-state index in [0.717, 1.165) is 24.5 Å². The van der Waals surface area contributed by atoms with E-state index in [1.54, 1.807) is 30.3 Å². The molecule has 3 aromatic rings. The van der Waals surface area contributed by atoms with E-state index in [0.29, 0.717) is 27.1 Å². The molecule has 0 atom stereocenters. The van der Waals surface area contributed by atoms with Gasteiger partial charge in [0.2, 0.25) is 5.91 Å². The molecule has 1 aliphatic heterocycles. The van der Waals surface area contributed by atoms with E-state index in [4.69, 9.17) is 39.8 Å². The third-order valence-corrected chi connectivity index (χ3v) is 6.35. The van der Waals surface area contributed by atoms with Crippen LogP contribution in [0.3, 0.4) is 0 Å². The van der Waals surface area contributed by atoms with E-state index in [-0.39, 0.29) is 11.0 Å². The van der Waals surface area contributed by atoms with Gasteiger partial charge in [-0.25, -0.2) is 0 Å². The maximum absolute atomic E-state index is 12.4. The Labute approximate surface area is 208 Å². The summed E-state index contributed by atoms with van der Waals surface area (Å²) >= 11 is 17.7. The summed E-state index contributed by atoms with van der Waals surface area (Å²) in [7, 11) is 0. The molecule has 8 heteroatoms. The lowest BCUT2D eigenvalue weighted by Gasteiger charge is -2.30. The number of halogens is 2. The minimum Gasteiger partial charge on any atom is -0.457 e. The number of piperidine rings is 1. The molecule has 4 rings (SSSR count). The summed E-state index contributed by atoms with van der Waals surface area (Å²) in [5, 5.41) is 6.93. The second-order valence-corrected chi connectivity index (χ2v) is 8.84. The molecular weight excluding hydrogens is 477 g/mol. The number of nitrogens with zero attached hydrogens (tertiary/aromatic N) is 1. The molecule has 1 amide bonds. The van der Waals surface area contributed by atoms with Crippen molar-refractivity contribution in [3.05, 3.63) is 76.5 Å². The number of para-hydroxylation sites is 2. The first-order valence-corrected chi connectivity index (χ1v) is 11.9. The molecule has 0 radical (unpaired) electrons. The number of benzene rings is 2. The number of rotatable bonds is 5. The highest BCUT2D eigenvalue weighted by atomic mass is 35.5.